The highest BCUT2D eigenvalue weighted by molar-refractivity contribution is 9.10. The summed E-state index contributed by atoms with van der Waals surface area (Å²) in [6, 6.07) is 1.73. The number of likely N-dealkylation sites (tertiary alicyclic amines) is 2. The number of halogens is 1. The molecule has 71 heavy (non-hydrogen) atoms. The predicted molar refractivity (Wildman–Crippen MR) is 276 cm³/mol. The van der Waals surface area contributed by atoms with Gasteiger partial charge in [0.05, 0.1) is 80.8 Å². The third kappa shape index (κ3) is 9.95. The number of allylic oxidation sites excluding steroid dienone is 1. The lowest BCUT2D eigenvalue weighted by Gasteiger charge is -2.32. The number of phenolic OH excluding ortho intramolecular Hbond substituents is 1. The van der Waals surface area contributed by atoms with Crippen LogP contribution < -0.4 is 20.9 Å². The number of ether oxygens (including phenoxy) is 4. The van der Waals surface area contributed by atoms with E-state index in [2.05, 4.69) is 21.2 Å². The Morgan fingerprint density at radius 1 is 0.746 bits per heavy atom. The van der Waals surface area contributed by atoms with Crippen LogP contribution in [0.15, 0.2) is 25.7 Å². The van der Waals surface area contributed by atoms with Gasteiger partial charge >= 0.3 is 0 Å². The van der Waals surface area contributed by atoms with Crippen molar-refractivity contribution in [3.8, 4) is 11.5 Å². The quantitative estimate of drug-likeness (QED) is 0.0300. The normalized spacial score (nSPS) is 16.8. The molecule has 3 aliphatic rings. The lowest BCUT2D eigenvalue weighted by molar-refractivity contribution is -0.134. The molecule has 2 saturated heterocycles. The van der Waals surface area contributed by atoms with Crippen molar-refractivity contribution in [2.75, 3.05) is 91.9 Å². The molecular formula is C54H66BrN3O13. The zero-order valence-electron chi connectivity index (χ0n) is 41.2. The second-order valence-corrected chi connectivity index (χ2v) is 20.1. The van der Waals surface area contributed by atoms with Crippen molar-refractivity contribution in [3.05, 3.63) is 64.4 Å². The van der Waals surface area contributed by atoms with Crippen LogP contribution >= 0.6 is 15.9 Å². The van der Waals surface area contributed by atoms with Gasteiger partial charge in [0.2, 0.25) is 22.7 Å². The molecule has 1 unspecified atom stereocenters. The van der Waals surface area contributed by atoms with Crippen LogP contribution in [-0.4, -0.2) is 134 Å². The van der Waals surface area contributed by atoms with Crippen LogP contribution in [-0.2, 0) is 48.2 Å². The Morgan fingerprint density at radius 2 is 1.38 bits per heavy atom. The number of nitrogens with one attached hydrogen (secondary N) is 1. The number of anilines is 1. The largest absolute Gasteiger partial charge is 0.507 e. The van der Waals surface area contributed by atoms with Crippen LogP contribution in [0.5, 0.6) is 11.5 Å². The molecule has 5 aromatic rings. The maximum absolute atomic E-state index is 15.3. The predicted octanol–water partition coefficient (Wildman–Crippen LogP) is 6.11. The fourth-order valence-corrected chi connectivity index (χ4v) is 12.1. The molecule has 5 N–H and O–H groups in total. The summed E-state index contributed by atoms with van der Waals surface area (Å²) < 4.78 is 22.2. The third-order valence-corrected chi connectivity index (χ3v) is 16.0. The Labute approximate surface area is 420 Å². The first kappa shape index (κ1) is 52.3. The number of hydrogen-bond acceptors (Lipinski definition) is 14. The highest BCUT2D eigenvalue weighted by Gasteiger charge is 2.38. The molecule has 8 rings (SSSR count). The summed E-state index contributed by atoms with van der Waals surface area (Å²) in [5.41, 5.74) is 2.14. The molecule has 0 aromatic heterocycles. The van der Waals surface area contributed by atoms with E-state index in [9.17, 15) is 34.5 Å². The van der Waals surface area contributed by atoms with Crippen LogP contribution in [0.1, 0.15) is 98.9 Å². The number of hydrogen-bond donors (Lipinski definition) is 5. The highest BCUT2D eigenvalue weighted by atomic mass is 79.9. The Hall–Kier alpha value is -5.01. The fourth-order valence-electron chi connectivity index (χ4n) is 11.5. The van der Waals surface area contributed by atoms with Gasteiger partial charge in [-0.1, -0.05) is 11.6 Å². The maximum Gasteiger partial charge on any atom is 0.230 e. The van der Waals surface area contributed by atoms with Gasteiger partial charge in [-0.05, 0) is 125 Å². The van der Waals surface area contributed by atoms with Crippen molar-refractivity contribution in [1.29, 1.82) is 0 Å². The van der Waals surface area contributed by atoms with Crippen molar-refractivity contribution in [2.45, 2.75) is 90.8 Å². The number of nitrogens with zero attached hydrogens (tertiary/aromatic N) is 2. The number of fused-ring (bicyclic) bond motifs is 1. The first-order valence-corrected chi connectivity index (χ1v) is 25.7. The average molecular weight is 1050 g/mol. The molecule has 1 aliphatic carbocycles. The molecular weight excluding hydrogens is 979 g/mol. The van der Waals surface area contributed by atoms with Gasteiger partial charge < -0.3 is 54.5 Å². The summed E-state index contributed by atoms with van der Waals surface area (Å²) in [7, 11) is 3.00. The van der Waals surface area contributed by atoms with Gasteiger partial charge in [0.25, 0.3) is 0 Å². The van der Waals surface area contributed by atoms with Gasteiger partial charge in [-0.25, -0.2) is 0 Å². The Morgan fingerprint density at radius 3 is 1.97 bits per heavy atom. The van der Waals surface area contributed by atoms with E-state index < -0.39 is 30.0 Å². The van der Waals surface area contributed by atoms with E-state index >= 15 is 4.79 Å². The molecule has 2 amide bonds. The third-order valence-electron chi connectivity index (χ3n) is 15.1. The molecule has 5 aromatic carbocycles. The van der Waals surface area contributed by atoms with E-state index in [0.717, 1.165) is 12.8 Å². The number of methoxy groups -OCH3 is 2. The number of piperidine rings is 2. The summed E-state index contributed by atoms with van der Waals surface area (Å²) in [5, 5.41) is 50.6. The molecule has 0 radical (unpaired) electrons. The second kappa shape index (κ2) is 22.8. The van der Waals surface area contributed by atoms with E-state index in [-0.39, 0.29) is 81.2 Å². The smallest absolute Gasteiger partial charge is 0.230 e. The van der Waals surface area contributed by atoms with Gasteiger partial charge in [-0.2, -0.15) is 0 Å². The summed E-state index contributed by atoms with van der Waals surface area (Å²) in [6.07, 6.45) is 6.84. The number of aromatic hydroxyl groups is 1. The van der Waals surface area contributed by atoms with Crippen LogP contribution in [0.2, 0.25) is 0 Å². The minimum Gasteiger partial charge on any atom is -0.507 e. The number of ketones is 1. The van der Waals surface area contributed by atoms with Crippen LogP contribution in [0.3, 0.4) is 0 Å². The van der Waals surface area contributed by atoms with Crippen LogP contribution in [0.4, 0.5) is 5.69 Å². The molecule has 16 nitrogen and oxygen atoms in total. The number of amides is 2. The van der Waals surface area contributed by atoms with Crippen molar-refractivity contribution in [2.24, 2.45) is 11.8 Å². The lowest BCUT2D eigenvalue weighted by atomic mass is 9.78. The second-order valence-electron chi connectivity index (χ2n) is 19.3. The minimum absolute atomic E-state index is 0.0101. The van der Waals surface area contributed by atoms with Crippen molar-refractivity contribution < 1.29 is 53.8 Å². The number of aliphatic hydroxyl groups is 3. The summed E-state index contributed by atoms with van der Waals surface area (Å²) in [4.78, 5) is 73.8. The van der Waals surface area contributed by atoms with Gasteiger partial charge in [0.1, 0.15) is 11.5 Å². The minimum atomic E-state index is -0.954. The number of rotatable bonds is 22. The fraction of sp³-hybridized carbons (Fsp3) is 0.537. The number of phenols is 1. The molecule has 2 fully saturated rings. The molecule has 0 saturated carbocycles. The van der Waals surface area contributed by atoms with Gasteiger partial charge in [0, 0.05) is 86.2 Å². The van der Waals surface area contributed by atoms with Crippen LogP contribution in [0.25, 0.3) is 49.2 Å². The van der Waals surface area contributed by atoms with E-state index in [1.807, 2.05) is 22.8 Å². The van der Waals surface area contributed by atoms with Gasteiger partial charge in [-0.3, -0.25) is 24.0 Å². The average Bonchev–Trinajstić information content (AvgIpc) is 3.50. The number of Topliss-reactive ketones (excluding diaryl/α,β-unsaturated/α-hetero) is 1. The molecule has 2 heterocycles. The SMILES string of the molecule is COCCOCCC(=O)N1CCC(CCc2c(O)c3c(=O)c(Br)c(CO)c4c5c(CO)cc(NCC6CCN(C(=O)CCOCCCO)CC6)c6c(=O)c(OC)c7c(c(c2C=C(C)C7C(C)=O)c34)c65)CC1. The Balaban J connectivity index is 1.24. The van der Waals surface area contributed by atoms with Crippen LogP contribution in [0, 0.1) is 11.8 Å². The number of benzene rings is 5. The Kier molecular flexibility index (Phi) is 16.8. The number of aliphatic hydroxyl groups excluding tert-OH is 3. The van der Waals surface area contributed by atoms with Crippen molar-refractivity contribution >= 4 is 88.4 Å². The summed E-state index contributed by atoms with van der Waals surface area (Å²) in [5.74, 6) is -1.07. The molecule has 1 atom stereocenters. The zero-order chi connectivity index (χ0) is 50.7. The number of carbonyl (C=O) groups is 3. The number of carbonyl (C=O) groups excluding carboxylic acids is 3. The van der Waals surface area contributed by atoms with Gasteiger partial charge in [0.15, 0.2) is 5.75 Å². The van der Waals surface area contributed by atoms with E-state index in [1.54, 1.807) is 13.2 Å². The molecule has 0 spiro atoms. The van der Waals surface area contributed by atoms with E-state index in [4.69, 9.17) is 24.1 Å². The first-order valence-electron chi connectivity index (χ1n) is 24.9. The highest BCUT2D eigenvalue weighted by Crippen LogP contribution is 2.55. The van der Waals surface area contributed by atoms with Crippen molar-refractivity contribution in [3.63, 3.8) is 0 Å². The summed E-state index contributed by atoms with van der Waals surface area (Å²) >= 11 is 3.51. The summed E-state index contributed by atoms with van der Waals surface area (Å²) in [6.45, 7) is 6.86. The maximum atomic E-state index is 15.3. The lowest BCUT2D eigenvalue weighted by Crippen LogP contribution is -2.40. The van der Waals surface area contributed by atoms with E-state index in [0.29, 0.717) is 164 Å². The standard InChI is InChI=1S/C54H66BrN3O13/c1-29-24-35-34(7-6-31-8-14-57(15-9-31)39(64)13-21-71-23-22-68-3)51(65)49-46-42(35)47-45-41(43(46)36(28-61)50(55)52(49)66)33(27-60)25-37(44(45)53(67)54(69-4)48(47)40(29)30(2)62)56-26-32-10-16-58(17-11-32)38(63)12-20-70-19-5-18-59/h24-25,31-32,40,56,59-61,65H,5-23,26-28H2,1-4H3. The van der Waals surface area contributed by atoms with E-state index in [1.165, 1.54) is 14.0 Å². The first-order chi connectivity index (χ1) is 34.3. The molecule has 0 bridgehead atoms. The monoisotopic (exact) mass is 1040 g/mol. The zero-order valence-corrected chi connectivity index (χ0v) is 42.8. The topological polar surface area (TPSA) is 222 Å². The molecule has 382 valence electrons. The molecule has 2 aliphatic heterocycles. The molecule has 17 heteroatoms. The van der Waals surface area contributed by atoms with Crippen molar-refractivity contribution in [1.82, 2.24) is 9.80 Å². The van der Waals surface area contributed by atoms with Gasteiger partial charge in [-0.15, -0.1) is 0 Å². The Bertz CT molecular complexity index is 2960.